The number of halogens is 1. The molecule has 0 atom stereocenters. The summed E-state index contributed by atoms with van der Waals surface area (Å²) in [5.41, 5.74) is 1.43. The second-order valence-electron chi connectivity index (χ2n) is 5.89. The lowest BCUT2D eigenvalue weighted by Gasteiger charge is -2.23. The van der Waals surface area contributed by atoms with Gasteiger partial charge in [0.2, 0.25) is 0 Å². The minimum Gasteiger partial charge on any atom is -0.268 e. The molecule has 0 aliphatic heterocycles. The number of carbonyl (C=O) groups is 1. The molecule has 4 nitrogen and oxygen atoms in total. The number of hydrogen-bond acceptors (Lipinski definition) is 3. The van der Waals surface area contributed by atoms with E-state index in [-0.39, 0.29) is 21.2 Å². The van der Waals surface area contributed by atoms with Gasteiger partial charge >= 0.3 is 0 Å². The summed E-state index contributed by atoms with van der Waals surface area (Å²) in [4.78, 5) is 13.2. The highest BCUT2D eigenvalue weighted by atomic mass is 35.5. The monoisotopic (exact) mass is 399 g/mol. The Hall–Kier alpha value is -2.63. The van der Waals surface area contributed by atoms with Gasteiger partial charge in [-0.15, -0.1) is 0 Å². The van der Waals surface area contributed by atoms with Crippen LogP contribution in [0.5, 0.6) is 0 Å². The van der Waals surface area contributed by atoms with Crippen molar-refractivity contribution in [3.63, 3.8) is 0 Å². The van der Waals surface area contributed by atoms with Gasteiger partial charge in [-0.25, -0.2) is 8.42 Å². The topological polar surface area (TPSA) is 54.5 Å². The Morgan fingerprint density at radius 3 is 2.07 bits per heavy atom. The molecule has 1 amide bonds. The van der Waals surface area contributed by atoms with Crippen LogP contribution in [-0.4, -0.2) is 14.3 Å². The summed E-state index contributed by atoms with van der Waals surface area (Å²) in [5.74, 6) is -0.700. The van der Waals surface area contributed by atoms with E-state index in [1.54, 1.807) is 48.5 Å². The summed E-state index contributed by atoms with van der Waals surface area (Å²) in [6.07, 6.45) is 0.810. The second-order valence-corrected chi connectivity index (χ2v) is 8.08. The van der Waals surface area contributed by atoms with Crippen LogP contribution in [0.4, 0.5) is 5.69 Å². The average molecular weight is 400 g/mol. The Morgan fingerprint density at radius 2 is 1.48 bits per heavy atom. The highest BCUT2D eigenvalue weighted by Crippen LogP contribution is 2.28. The SMILES string of the molecule is CCc1ccc(N(C(=O)c2ccccc2Cl)S(=O)(=O)c2ccccc2)cc1. The molecular weight excluding hydrogens is 382 g/mol. The standard InChI is InChI=1S/C21H18ClNO3S/c1-2-16-12-14-17(15-13-16)23(21(24)19-10-6-7-11-20(19)22)27(25,26)18-8-4-3-5-9-18/h3-15H,2H2,1H3. The highest BCUT2D eigenvalue weighted by molar-refractivity contribution is 7.93. The fraction of sp³-hybridized carbons (Fsp3) is 0.0952. The van der Waals surface area contributed by atoms with Gasteiger partial charge < -0.3 is 0 Å². The van der Waals surface area contributed by atoms with Crippen LogP contribution in [0.25, 0.3) is 0 Å². The predicted octanol–water partition coefficient (Wildman–Crippen LogP) is 4.94. The maximum atomic E-state index is 13.3. The number of hydrogen-bond donors (Lipinski definition) is 0. The van der Waals surface area contributed by atoms with Gasteiger partial charge in [0, 0.05) is 0 Å². The van der Waals surface area contributed by atoms with E-state index >= 15 is 0 Å². The van der Waals surface area contributed by atoms with Gasteiger partial charge in [0.15, 0.2) is 0 Å². The van der Waals surface area contributed by atoms with Crippen molar-refractivity contribution >= 4 is 33.2 Å². The third-order valence-electron chi connectivity index (χ3n) is 4.15. The van der Waals surface area contributed by atoms with E-state index in [1.807, 2.05) is 19.1 Å². The number of rotatable bonds is 5. The molecular formula is C21H18ClNO3S. The first-order valence-electron chi connectivity index (χ1n) is 8.43. The van der Waals surface area contributed by atoms with Crippen molar-refractivity contribution in [3.8, 4) is 0 Å². The van der Waals surface area contributed by atoms with Crippen molar-refractivity contribution in [2.24, 2.45) is 0 Å². The molecule has 0 aliphatic rings. The number of sulfonamides is 1. The summed E-state index contributed by atoms with van der Waals surface area (Å²) in [7, 11) is -4.11. The summed E-state index contributed by atoms with van der Waals surface area (Å²) in [6.45, 7) is 2.00. The maximum absolute atomic E-state index is 13.3. The zero-order valence-corrected chi connectivity index (χ0v) is 16.2. The number of aryl methyl sites for hydroxylation is 1. The largest absolute Gasteiger partial charge is 0.273 e. The van der Waals surface area contributed by atoms with Gasteiger partial charge in [-0.2, -0.15) is 4.31 Å². The first-order valence-corrected chi connectivity index (χ1v) is 10.2. The Balaban J connectivity index is 2.17. The minimum atomic E-state index is -4.11. The van der Waals surface area contributed by atoms with E-state index in [1.165, 1.54) is 18.2 Å². The van der Waals surface area contributed by atoms with Crippen LogP contribution in [0.1, 0.15) is 22.8 Å². The predicted molar refractivity (Wildman–Crippen MR) is 108 cm³/mol. The van der Waals surface area contributed by atoms with Crippen molar-refractivity contribution in [1.82, 2.24) is 0 Å². The third-order valence-corrected chi connectivity index (χ3v) is 6.20. The minimum absolute atomic E-state index is 0.0324. The third kappa shape index (κ3) is 3.89. The first kappa shape index (κ1) is 19.1. The lowest BCUT2D eigenvalue weighted by Crippen LogP contribution is -2.37. The number of carbonyl (C=O) groups excluding carboxylic acids is 1. The molecule has 0 aromatic heterocycles. The van der Waals surface area contributed by atoms with Gasteiger partial charge in [-0.3, -0.25) is 4.79 Å². The number of nitrogens with zero attached hydrogens (tertiary/aromatic N) is 1. The Bertz CT molecular complexity index is 1050. The van der Waals surface area contributed by atoms with E-state index in [0.717, 1.165) is 16.3 Å². The second kappa shape index (κ2) is 7.94. The average Bonchev–Trinajstić information content (AvgIpc) is 2.69. The van der Waals surface area contributed by atoms with Gasteiger partial charge in [0.05, 0.1) is 21.2 Å². The van der Waals surface area contributed by atoms with Crippen molar-refractivity contribution in [3.05, 3.63) is 95.0 Å². The smallest absolute Gasteiger partial charge is 0.268 e. The van der Waals surface area contributed by atoms with Crippen molar-refractivity contribution in [2.75, 3.05) is 4.31 Å². The molecule has 0 fully saturated rings. The molecule has 3 aromatic carbocycles. The molecule has 0 radical (unpaired) electrons. The summed E-state index contributed by atoms with van der Waals surface area (Å²) in [5, 5.41) is 0.195. The Morgan fingerprint density at radius 1 is 0.889 bits per heavy atom. The van der Waals surface area contributed by atoms with Gasteiger partial charge in [-0.1, -0.05) is 61.0 Å². The van der Waals surface area contributed by atoms with Crippen molar-refractivity contribution in [1.29, 1.82) is 0 Å². The fourth-order valence-electron chi connectivity index (χ4n) is 2.67. The maximum Gasteiger partial charge on any atom is 0.273 e. The van der Waals surface area contributed by atoms with Crippen LogP contribution in [0, 0.1) is 0 Å². The van der Waals surface area contributed by atoms with Crippen LogP contribution < -0.4 is 4.31 Å². The number of amides is 1. The molecule has 0 aliphatic carbocycles. The van der Waals surface area contributed by atoms with Crippen LogP contribution in [0.2, 0.25) is 5.02 Å². The molecule has 27 heavy (non-hydrogen) atoms. The molecule has 6 heteroatoms. The zero-order chi connectivity index (χ0) is 19.4. The molecule has 0 spiro atoms. The quantitative estimate of drug-likeness (QED) is 0.610. The molecule has 0 heterocycles. The Labute approximate surface area is 164 Å². The molecule has 3 rings (SSSR count). The lowest BCUT2D eigenvalue weighted by atomic mass is 10.1. The summed E-state index contributed by atoms with van der Waals surface area (Å²) < 4.78 is 27.4. The van der Waals surface area contributed by atoms with E-state index in [2.05, 4.69) is 0 Å². The van der Waals surface area contributed by atoms with Crippen LogP contribution in [-0.2, 0) is 16.4 Å². The first-order chi connectivity index (χ1) is 12.9. The lowest BCUT2D eigenvalue weighted by molar-refractivity contribution is 0.101. The highest BCUT2D eigenvalue weighted by Gasteiger charge is 2.32. The van der Waals surface area contributed by atoms with Crippen LogP contribution in [0.3, 0.4) is 0 Å². The van der Waals surface area contributed by atoms with E-state index in [4.69, 9.17) is 11.6 Å². The Kier molecular flexibility index (Phi) is 5.63. The van der Waals surface area contributed by atoms with Gasteiger partial charge in [0.25, 0.3) is 15.9 Å². The van der Waals surface area contributed by atoms with Crippen LogP contribution in [0.15, 0.2) is 83.8 Å². The molecule has 0 N–H and O–H groups in total. The molecule has 0 unspecified atom stereocenters. The molecule has 0 saturated carbocycles. The zero-order valence-electron chi connectivity index (χ0n) is 14.7. The summed E-state index contributed by atoms with van der Waals surface area (Å²) >= 11 is 6.15. The number of benzene rings is 3. The van der Waals surface area contributed by atoms with Crippen molar-refractivity contribution in [2.45, 2.75) is 18.2 Å². The molecule has 3 aromatic rings. The van der Waals surface area contributed by atoms with Gasteiger partial charge in [-0.05, 0) is 48.4 Å². The molecule has 138 valence electrons. The van der Waals surface area contributed by atoms with E-state index < -0.39 is 15.9 Å². The van der Waals surface area contributed by atoms with Crippen molar-refractivity contribution < 1.29 is 13.2 Å². The molecule has 0 saturated heterocycles. The van der Waals surface area contributed by atoms with Crippen LogP contribution >= 0.6 is 11.6 Å². The normalized spacial score (nSPS) is 11.2. The van der Waals surface area contributed by atoms with Gasteiger partial charge in [0.1, 0.15) is 0 Å². The number of anilines is 1. The van der Waals surface area contributed by atoms with E-state index in [0.29, 0.717) is 0 Å². The van der Waals surface area contributed by atoms with E-state index in [9.17, 15) is 13.2 Å². The molecule has 0 bridgehead atoms. The summed E-state index contributed by atoms with van der Waals surface area (Å²) in [6, 6.07) is 21.2. The fourth-order valence-corrected chi connectivity index (χ4v) is 4.32.